The second-order valence-corrected chi connectivity index (χ2v) is 7.73. The largest absolute Gasteiger partial charge is 0.462 e. The number of nitrogens with zero attached hydrogens (tertiary/aromatic N) is 7. The molecule has 0 atom stereocenters. The van der Waals surface area contributed by atoms with Gasteiger partial charge in [0, 0.05) is 45.9 Å². The van der Waals surface area contributed by atoms with E-state index in [1.54, 1.807) is 6.33 Å². The molecule has 2 fully saturated rings. The highest BCUT2D eigenvalue weighted by Gasteiger charge is 2.25. The first-order valence-electron chi connectivity index (χ1n) is 10.6. The Kier molecular flexibility index (Phi) is 5.37. The van der Waals surface area contributed by atoms with Crippen molar-refractivity contribution in [2.45, 2.75) is 25.9 Å². The van der Waals surface area contributed by atoms with E-state index in [1.807, 2.05) is 28.8 Å². The third-order valence-electron chi connectivity index (χ3n) is 5.62. The normalized spacial score (nSPS) is 17.8. The van der Waals surface area contributed by atoms with Crippen molar-refractivity contribution in [3.8, 4) is 5.95 Å². The topological polar surface area (TPSA) is 98.5 Å². The molecule has 2 aliphatic rings. The lowest BCUT2D eigenvalue weighted by molar-refractivity contribution is -0.147. The zero-order valence-electron chi connectivity index (χ0n) is 17.5. The van der Waals surface area contributed by atoms with Gasteiger partial charge in [-0.1, -0.05) is 12.1 Å². The van der Waals surface area contributed by atoms with E-state index >= 15 is 0 Å². The number of benzene rings is 1. The molecule has 10 heteroatoms. The first kappa shape index (κ1) is 19.7. The van der Waals surface area contributed by atoms with E-state index in [4.69, 9.17) is 24.4 Å². The number of hydrogen-bond acceptors (Lipinski definition) is 9. The van der Waals surface area contributed by atoms with E-state index in [2.05, 4.69) is 14.8 Å². The van der Waals surface area contributed by atoms with Crippen LogP contribution in [0.2, 0.25) is 0 Å². The summed E-state index contributed by atoms with van der Waals surface area (Å²) in [5.41, 5.74) is 1.83. The Morgan fingerprint density at radius 1 is 0.968 bits per heavy atom. The summed E-state index contributed by atoms with van der Waals surface area (Å²) in [6, 6.07) is 7.91. The fraction of sp³-hybridized carbons (Fsp3) is 0.476. The van der Waals surface area contributed by atoms with Gasteiger partial charge in [-0.2, -0.15) is 15.0 Å². The minimum atomic E-state index is -0.234. The highest BCUT2D eigenvalue weighted by molar-refractivity contribution is 5.76. The minimum Gasteiger partial charge on any atom is -0.462 e. The molecule has 2 saturated heterocycles. The van der Waals surface area contributed by atoms with Crippen molar-refractivity contribution in [1.29, 1.82) is 0 Å². The number of carbonyl (C=O) groups excluding carboxylic acids is 1. The van der Waals surface area contributed by atoms with Crippen molar-refractivity contribution in [3.63, 3.8) is 0 Å². The number of piperidine rings is 1. The predicted molar refractivity (Wildman–Crippen MR) is 114 cm³/mol. The maximum absolute atomic E-state index is 11.3. The van der Waals surface area contributed by atoms with Crippen molar-refractivity contribution in [2.75, 3.05) is 49.2 Å². The van der Waals surface area contributed by atoms with Gasteiger partial charge in [-0.15, -0.1) is 0 Å². The van der Waals surface area contributed by atoms with Crippen LogP contribution in [0.5, 0.6) is 0 Å². The van der Waals surface area contributed by atoms with Crippen LogP contribution in [0, 0.1) is 0 Å². The van der Waals surface area contributed by atoms with Crippen LogP contribution in [-0.2, 0) is 14.3 Å². The lowest BCUT2D eigenvalue weighted by Crippen LogP contribution is -2.40. The maximum atomic E-state index is 11.3. The number of morpholine rings is 1. The molecule has 0 saturated carbocycles. The summed E-state index contributed by atoms with van der Waals surface area (Å²) in [7, 11) is 0. The number of ether oxygens (including phenoxy) is 2. The quantitative estimate of drug-likeness (QED) is 0.579. The molecular formula is C21H25N7O3. The van der Waals surface area contributed by atoms with Gasteiger partial charge in [0.25, 0.3) is 0 Å². The molecule has 0 unspecified atom stereocenters. The molecule has 10 nitrogen and oxygen atoms in total. The van der Waals surface area contributed by atoms with Crippen LogP contribution >= 0.6 is 0 Å². The van der Waals surface area contributed by atoms with E-state index in [1.165, 1.54) is 6.92 Å². The van der Waals surface area contributed by atoms with E-state index in [9.17, 15) is 4.79 Å². The van der Waals surface area contributed by atoms with E-state index in [0.717, 1.165) is 37.0 Å². The molecule has 4 heterocycles. The zero-order chi connectivity index (χ0) is 21.2. The highest BCUT2D eigenvalue weighted by Crippen LogP contribution is 2.23. The fourth-order valence-corrected chi connectivity index (χ4v) is 4.02. The maximum Gasteiger partial charge on any atom is 0.302 e. The summed E-state index contributed by atoms with van der Waals surface area (Å²) in [6.07, 6.45) is 3.20. The molecule has 0 radical (unpaired) electrons. The molecule has 2 aliphatic heterocycles. The van der Waals surface area contributed by atoms with Gasteiger partial charge in [-0.3, -0.25) is 9.36 Å². The Bertz CT molecular complexity index is 1070. The number of para-hydroxylation sites is 2. The number of carbonyl (C=O) groups is 1. The number of fused-ring (bicyclic) bond motifs is 1. The fourth-order valence-electron chi connectivity index (χ4n) is 4.02. The Labute approximate surface area is 179 Å². The summed E-state index contributed by atoms with van der Waals surface area (Å²) in [6.45, 7) is 5.67. The van der Waals surface area contributed by atoms with E-state index in [-0.39, 0.29) is 12.1 Å². The first-order chi connectivity index (χ1) is 15.2. The third kappa shape index (κ3) is 4.15. The average molecular weight is 423 g/mol. The van der Waals surface area contributed by atoms with Crippen molar-refractivity contribution < 1.29 is 14.3 Å². The van der Waals surface area contributed by atoms with Crippen LogP contribution in [-0.4, -0.2) is 76.0 Å². The molecule has 0 spiro atoms. The molecule has 0 amide bonds. The van der Waals surface area contributed by atoms with Crippen LogP contribution in [0.15, 0.2) is 30.6 Å². The van der Waals surface area contributed by atoms with Gasteiger partial charge in [-0.05, 0) is 12.1 Å². The summed E-state index contributed by atoms with van der Waals surface area (Å²) in [4.78, 5) is 34.4. The Morgan fingerprint density at radius 3 is 2.32 bits per heavy atom. The molecule has 0 bridgehead atoms. The van der Waals surface area contributed by atoms with Crippen LogP contribution in [0.4, 0.5) is 11.9 Å². The highest BCUT2D eigenvalue weighted by atomic mass is 16.5. The SMILES string of the molecule is CC(=O)OC1CCN(c2nc(N3CCOCC3)nc(-n3cnc4ccccc43)n2)CC1. The number of imidazole rings is 1. The molecule has 2 aromatic heterocycles. The van der Waals surface area contributed by atoms with Gasteiger partial charge in [0.2, 0.25) is 17.8 Å². The Balaban J connectivity index is 1.49. The smallest absolute Gasteiger partial charge is 0.302 e. The number of esters is 1. The van der Waals surface area contributed by atoms with E-state index in [0.29, 0.717) is 44.1 Å². The molecule has 5 rings (SSSR count). The molecule has 3 aromatic rings. The lowest BCUT2D eigenvalue weighted by Gasteiger charge is -2.32. The third-order valence-corrected chi connectivity index (χ3v) is 5.62. The second kappa shape index (κ2) is 8.46. The van der Waals surface area contributed by atoms with Gasteiger partial charge in [-0.25, -0.2) is 4.98 Å². The van der Waals surface area contributed by atoms with Crippen molar-refractivity contribution in [1.82, 2.24) is 24.5 Å². The average Bonchev–Trinajstić information content (AvgIpc) is 3.24. The summed E-state index contributed by atoms with van der Waals surface area (Å²) in [5, 5.41) is 0. The van der Waals surface area contributed by atoms with Gasteiger partial charge < -0.3 is 19.3 Å². The molecule has 1 aromatic carbocycles. The Hall–Kier alpha value is -3.27. The molecule has 31 heavy (non-hydrogen) atoms. The van der Waals surface area contributed by atoms with E-state index < -0.39 is 0 Å². The number of anilines is 2. The monoisotopic (exact) mass is 423 g/mol. The van der Waals surface area contributed by atoms with Crippen LogP contribution in [0.3, 0.4) is 0 Å². The summed E-state index contributed by atoms with van der Waals surface area (Å²) >= 11 is 0. The van der Waals surface area contributed by atoms with Crippen LogP contribution in [0.25, 0.3) is 17.0 Å². The molecule has 162 valence electrons. The number of hydrogen-bond donors (Lipinski definition) is 0. The zero-order valence-corrected chi connectivity index (χ0v) is 17.5. The van der Waals surface area contributed by atoms with Crippen LogP contribution < -0.4 is 9.80 Å². The van der Waals surface area contributed by atoms with Gasteiger partial charge in [0.15, 0.2) is 0 Å². The van der Waals surface area contributed by atoms with Gasteiger partial charge in [0.1, 0.15) is 12.4 Å². The summed E-state index contributed by atoms with van der Waals surface area (Å²) in [5.74, 6) is 1.58. The standard InChI is InChI=1S/C21H25N7O3/c1-15(29)31-16-6-8-26(9-7-16)19-23-20(27-10-12-30-13-11-27)25-21(24-19)28-14-22-17-4-2-3-5-18(17)28/h2-5,14,16H,6-13H2,1H3. The van der Waals surface area contributed by atoms with Crippen LogP contribution in [0.1, 0.15) is 19.8 Å². The lowest BCUT2D eigenvalue weighted by atomic mass is 10.1. The molecule has 0 aliphatic carbocycles. The summed E-state index contributed by atoms with van der Waals surface area (Å²) < 4.78 is 12.8. The van der Waals surface area contributed by atoms with Crippen molar-refractivity contribution in [3.05, 3.63) is 30.6 Å². The van der Waals surface area contributed by atoms with Gasteiger partial charge >= 0.3 is 5.97 Å². The first-order valence-corrected chi connectivity index (χ1v) is 10.6. The molecular weight excluding hydrogens is 398 g/mol. The van der Waals surface area contributed by atoms with Crippen molar-refractivity contribution >= 4 is 28.9 Å². The number of rotatable bonds is 4. The predicted octanol–water partition coefficient (Wildman–Crippen LogP) is 1.58. The van der Waals surface area contributed by atoms with Crippen molar-refractivity contribution in [2.24, 2.45) is 0 Å². The minimum absolute atomic E-state index is 0.0497. The van der Waals surface area contributed by atoms with Gasteiger partial charge in [0.05, 0.1) is 24.2 Å². The number of aromatic nitrogens is 5. The second-order valence-electron chi connectivity index (χ2n) is 7.73. The molecule has 0 N–H and O–H groups in total. The Morgan fingerprint density at radius 2 is 1.61 bits per heavy atom.